The fourth-order valence-corrected chi connectivity index (χ4v) is 3.81. The summed E-state index contributed by atoms with van der Waals surface area (Å²) in [5.41, 5.74) is 2.56. The molecule has 2 N–H and O–H groups in total. The molecule has 2 heterocycles. The van der Waals surface area contributed by atoms with Crippen LogP contribution < -0.4 is 10.8 Å². The van der Waals surface area contributed by atoms with Crippen molar-refractivity contribution in [3.63, 3.8) is 0 Å². The quantitative estimate of drug-likeness (QED) is 0.504. The molecule has 1 saturated heterocycles. The Morgan fingerprint density at radius 1 is 1.32 bits per heavy atom. The number of hydrogen-bond acceptors (Lipinski definition) is 7. The molecule has 3 rings (SSSR count). The van der Waals surface area contributed by atoms with Crippen LogP contribution in [0.3, 0.4) is 0 Å². The van der Waals surface area contributed by atoms with Crippen LogP contribution in [0.5, 0.6) is 0 Å². The minimum Gasteiger partial charge on any atom is -0.463 e. The molecule has 28 heavy (non-hydrogen) atoms. The Morgan fingerprint density at radius 2 is 2.04 bits per heavy atom. The van der Waals surface area contributed by atoms with Crippen LogP contribution in [0.15, 0.2) is 12.1 Å². The van der Waals surface area contributed by atoms with E-state index in [-0.39, 0.29) is 31.3 Å². The highest BCUT2D eigenvalue weighted by Crippen LogP contribution is 2.16. The Hall–Kier alpha value is -1.94. The number of ether oxygens (including phenoxy) is 2. The summed E-state index contributed by atoms with van der Waals surface area (Å²) in [6, 6.07) is 3.44. The number of benzene rings is 1. The summed E-state index contributed by atoms with van der Waals surface area (Å²) < 4.78 is 16.1. The van der Waals surface area contributed by atoms with Gasteiger partial charge in [-0.25, -0.2) is 0 Å². The van der Waals surface area contributed by atoms with Crippen LogP contribution in [0, 0.1) is 6.92 Å². The molecule has 0 aliphatic carbocycles. The minimum absolute atomic E-state index is 0.165. The second-order valence-corrected chi connectivity index (χ2v) is 7.39. The number of carbonyl (C=O) groups is 2. The third-order valence-electron chi connectivity index (χ3n) is 5.05. The highest BCUT2D eigenvalue weighted by Gasteiger charge is 2.31. The molecule has 9 heteroatoms. The third kappa shape index (κ3) is 4.91. The van der Waals surface area contributed by atoms with E-state index < -0.39 is 13.1 Å². The van der Waals surface area contributed by atoms with E-state index in [4.69, 9.17) is 14.1 Å². The lowest BCUT2D eigenvalue weighted by molar-refractivity contribution is -0.143. The minimum atomic E-state index is -1.02. The maximum Gasteiger partial charge on any atom is 0.492 e. The van der Waals surface area contributed by atoms with Crippen LogP contribution in [-0.2, 0) is 25.5 Å². The molecule has 1 aromatic rings. The first-order chi connectivity index (χ1) is 13.3. The first kappa shape index (κ1) is 20.8. The van der Waals surface area contributed by atoms with Gasteiger partial charge in [0.1, 0.15) is 13.2 Å². The molecule has 1 amide bonds. The van der Waals surface area contributed by atoms with Crippen molar-refractivity contribution < 1.29 is 28.7 Å². The first-order valence-corrected chi connectivity index (χ1v) is 9.58. The summed E-state index contributed by atoms with van der Waals surface area (Å²) in [5.74, 6) is -0.864. The lowest BCUT2D eigenvalue weighted by Crippen LogP contribution is -2.46. The standard InChI is InChI=1S/C19H27BN2O6/c1-12-9-22(10-13(2)28-12)6-7-26-17(23)8-21-19(24)16-5-4-15-11-27-20(25)18(15)14(16)3/h4-5,12-13,25H,6-11H2,1-3H3,(H,21,24). The van der Waals surface area contributed by atoms with Gasteiger partial charge in [-0.3, -0.25) is 14.5 Å². The average molecular weight is 390 g/mol. The van der Waals surface area contributed by atoms with E-state index in [1.807, 2.05) is 13.8 Å². The zero-order valence-electron chi connectivity index (χ0n) is 16.6. The second-order valence-electron chi connectivity index (χ2n) is 7.39. The average Bonchev–Trinajstić information content (AvgIpc) is 3.01. The Morgan fingerprint density at radius 3 is 2.75 bits per heavy atom. The van der Waals surface area contributed by atoms with Crippen molar-refractivity contribution in [3.8, 4) is 0 Å². The fourth-order valence-electron chi connectivity index (χ4n) is 3.81. The van der Waals surface area contributed by atoms with Crippen molar-refractivity contribution in [3.05, 3.63) is 28.8 Å². The zero-order chi connectivity index (χ0) is 20.3. The molecule has 8 nitrogen and oxygen atoms in total. The largest absolute Gasteiger partial charge is 0.492 e. The van der Waals surface area contributed by atoms with E-state index in [0.717, 1.165) is 18.7 Å². The van der Waals surface area contributed by atoms with E-state index in [2.05, 4.69) is 10.2 Å². The maximum atomic E-state index is 12.4. The molecule has 0 radical (unpaired) electrons. The van der Waals surface area contributed by atoms with Gasteiger partial charge in [-0.1, -0.05) is 6.07 Å². The number of hydrogen-bond donors (Lipinski definition) is 2. The van der Waals surface area contributed by atoms with E-state index >= 15 is 0 Å². The predicted molar refractivity (Wildman–Crippen MR) is 103 cm³/mol. The van der Waals surface area contributed by atoms with Gasteiger partial charge in [0.25, 0.3) is 5.91 Å². The molecule has 152 valence electrons. The van der Waals surface area contributed by atoms with Crippen LogP contribution in [-0.4, -0.2) is 73.9 Å². The summed E-state index contributed by atoms with van der Waals surface area (Å²) >= 11 is 0. The number of rotatable bonds is 6. The molecule has 2 aliphatic rings. The van der Waals surface area contributed by atoms with Gasteiger partial charge >= 0.3 is 13.1 Å². The Labute approximate surface area is 165 Å². The van der Waals surface area contributed by atoms with E-state index in [1.165, 1.54) is 0 Å². The Kier molecular flexibility index (Phi) is 6.71. The topological polar surface area (TPSA) is 97.3 Å². The Bertz CT molecular complexity index is 733. The molecule has 1 fully saturated rings. The van der Waals surface area contributed by atoms with Crippen LogP contribution in [0.4, 0.5) is 0 Å². The van der Waals surface area contributed by atoms with Gasteiger partial charge in [0.15, 0.2) is 0 Å². The van der Waals surface area contributed by atoms with Gasteiger partial charge < -0.3 is 24.5 Å². The number of fused-ring (bicyclic) bond motifs is 1. The lowest BCUT2D eigenvalue weighted by Gasteiger charge is -2.35. The van der Waals surface area contributed by atoms with Crippen LogP contribution >= 0.6 is 0 Å². The first-order valence-electron chi connectivity index (χ1n) is 9.58. The summed E-state index contributed by atoms with van der Waals surface area (Å²) in [6.45, 7) is 8.46. The number of morpholine rings is 1. The molecule has 0 aromatic heterocycles. The highest BCUT2D eigenvalue weighted by atomic mass is 16.5. The van der Waals surface area contributed by atoms with Crippen LogP contribution in [0.25, 0.3) is 0 Å². The summed E-state index contributed by atoms with van der Waals surface area (Å²) in [4.78, 5) is 26.5. The molecule has 0 bridgehead atoms. The SMILES string of the molecule is Cc1c(C(=O)NCC(=O)OCCN2CC(C)OC(C)C2)ccc2c1B(O)OC2. The van der Waals surface area contributed by atoms with Crippen LogP contribution in [0.1, 0.15) is 35.3 Å². The van der Waals surface area contributed by atoms with Gasteiger partial charge in [0.2, 0.25) is 0 Å². The van der Waals surface area contributed by atoms with Gasteiger partial charge in [-0.15, -0.1) is 0 Å². The number of amides is 1. The lowest BCUT2D eigenvalue weighted by atomic mass is 9.75. The molecule has 2 atom stereocenters. The van der Waals surface area contributed by atoms with E-state index in [9.17, 15) is 14.6 Å². The summed E-state index contributed by atoms with van der Waals surface area (Å²) in [7, 11) is -1.02. The van der Waals surface area contributed by atoms with Gasteiger partial charge in [0, 0.05) is 25.2 Å². The number of carbonyl (C=O) groups excluding carboxylic acids is 2. The number of nitrogens with zero attached hydrogens (tertiary/aromatic N) is 1. The summed E-state index contributed by atoms with van der Waals surface area (Å²) in [5, 5.41) is 12.5. The Balaban J connectivity index is 1.44. The normalized spacial score (nSPS) is 22.1. The predicted octanol–water partition coefficient (Wildman–Crippen LogP) is -0.405. The molecule has 1 aromatic carbocycles. The molecule has 2 aliphatic heterocycles. The van der Waals surface area contributed by atoms with Gasteiger partial charge in [0.05, 0.1) is 18.8 Å². The van der Waals surface area contributed by atoms with Crippen molar-refractivity contribution in [1.29, 1.82) is 0 Å². The monoisotopic (exact) mass is 390 g/mol. The highest BCUT2D eigenvalue weighted by molar-refractivity contribution is 6.62. The van der Waals surface area contributed by atoms with Gasteiger partial charge in [-0.05, 0) is 43.4 Å². The van der Waals surface area contributed by atoms with Crippen molar-refractivity contribution in [2.24, 2.45) is 0 Å². The number of esters is 1. The van der Waals surface area contributed by atoms with Crippen molar-refractivity contribution in [1.82, 2.24) is 10.2 Å². The zero-order valence-corrected chi connectivity index (χ0v) is 16.6. The molecular weight excluding hydrogens is 363 g/mol. The molecule has 0 saturated carbocycles. The van der Waals surface area contributed by atoms with Crippen molar-refractivity contribution in [2.75, 3.05) is 32.8 Å². The number of nitrogens with one attached hydrogen (secondary N) is 1. The van der Waals surface area contributed by atoms with E-state index in [0.29, 0.717) is 29.7 Å². The third-order valence-corrected chi connectivity index (χ3v) is 5.05. The van der Waals surface area contributed by atoms with Gasteiger partial charge in [-0.2, -0.15) is 0 Å². The second kappa shape index (κ2) is 9.04. The van der Waals surface area contributed by atoms with Crippen molar-refractivity contribution in [2.45, 2.75) is 39.6 Å². The van der Waals surface area contributed by atoms with Crippen LogP contribution in [0.2, 0.25) is 0 Å². The van der Waals surface area contributed by atoms with E-state index in [1.54, 1.807) is 19.1 Å². The molecular formula is C19H27BN2O6. The maximum absolute atomic E-state index is 12.4. The summed E-state index contributed by atoms with van der Waals surface area (Å²) in [6.07, 6.45) is 0.330. The fraction of sp³-hybridized carbons (Fsp3) is 0.579. The van der Waals surface area contributed by atoms with Crippen molar-refractivity contribution >= 4 is 24.5 Å². The molecule has 2 unspecified atom stereocenters. The smallest absolute Gasteiger partial charge is 0.463 e. The molecule has 0 spiro atoms.